The molecule has 0 aliphatic heterocycles. The quantitative estimate of drug-likeness (QED) is 0.718. The molecule has 90 valence electrons. The predicted octanol–water partition coefficient (Wildman–Crippen LogP) is 1.95. The van der Waals surface area contributed by atoms with Gasteiger partial charge in [-0.25, -0.2) is 0 Å². The van der Waals surface area contributed by atoms with Gasteiger partial charge in [0.25, 0.3) is 10.1 Å². The molecule has 1 aromatic rings. The van der Waals surface area contributed by atoms with Crippen molar-refractivity contribution < 1.29 is 17.3 Å². The molecule has 16 heavy (non-hydrogen) atoms. The SMILES string of the molecule is CCCS(=O)(=O)OCc1ccccc1OC. The summed E-state index contributed by atoms with van der Waals surface area (Å²) in [5.74, 6) is 0.677. The standard InChI is InChI=1S/C11H16O4S/c1-3-8-16(12,13)15-9-10-6-4-5-7-11(10)14-2/h4-7H,3,8-9H2,1-2H3. The van der Waals surface area contributed by atoms with Crippen LogP contribution in [0.1, 0.15) is 18.9 Å². The van der Waals surface area contributed by atoms with E-state index in [1.54, 1.807) is 26.2 Å². The molecular weight excluding hydrogens is 228 g/mol. The van der Waals surface area contributed by atoms with Crippen molar-refractivity contribution in [2.75, 3.05) is 12.9 Å². The molecule has 0 aromatic heterocycles. The molecule has 0 radical (unpaired) electrons. The summed E-state index contributed by atoms with van der Waals surface area (Å²) in [7, 11) is -1.87. The Labute approximate surface area is 96.3 Å². The van der Waals surface area contributed by atoms with Crippen LogP contribution in [-0.4, -0.2) is 21.3 Å². The Kier molecular flexibility index (Phi) is 4.76. The van der Waals surface area contributed by atoms with Gasteiger partial charge in [0.05, 0.1) is 19.5 Å². The lowest BCUT2D eigenvalue weighted by atomic mass is 10.2. The van der Waals surface area contributed by atoms with Crippen LogP contribution in [0.3, 0.4) is 0 Å². The Balaban J connectivity index is 2.68. The number of hydrogen-bond acceptors (Lipinski definition) is 4. The van der Waals surface area contributed by atoms with Gasteiger partial charge in [0, 0.05) is 5.56 Å². The van der Waals surface area contributed by atoms with E-state index in [1.807, 2.05) is 12.1 Å². The summed E-state index contributed by atoms with van der Waals surface area (Å²) in [5, 5.41) is 0. The zero-order chi connectivity index (χ0) is 12.0. The molecule has 0 aliphatic rings. The summed E-state index contributed by atoms with van der Waals surface area (Å²) >= 11 is 0. The third kappa shape index (κ3) is 3.83. The first-order valence-electron chi connectivity index (χ1n) is 5.08. The van der Waals surface area contributed by atoms with Crippen molar-refractivity contribution in [1.82, 2.24) is 0 Å². The summed E-state index contributed by atoms with van der Waals surface area (Å²) in [6.45, 7) is 1.82. The fourth-order valence-electron chi connectivity index (χ4n) is 1.28. The summed E-state index contributed by atoms with van der Waals surface area (Å²) in [4.78, 5) is 0. The first-order valence-corrected chi connectivity index (χ1v) is 6.66. The van der Waals surface area contributed by atoms with Gasteiger partial charge in [0.15, 0.2) is 0 Å². The first kappa shape index (κ1) is 13.0. The third-order valence-corrected chi connectivity index (χ3v) is 3.43. The van der Waals surface area contributed by atoms with E-state index in [2.05, 4.69) is 0 Å². The van der Waals surface area contributed by atoms with Crippen molar-refractivity contribution in [3.8, 4) is 5.75 Å². The maximum Gasteiger partial charge on any atom is 0.267 e. The lowest BCUT2D eigenvalue weighted by molar-refractivity contribution is 0.299. The van der Waals surface area contributed by atoms with E-state index in [-0.39, 0.29) is 12.4 Å². The van der Waals surface area contributed by atoms with Crippen LogP contribution in [0.25, 0.3) is 0 Å². The van der Waals surface area contributed by atoms with Crippen molar-refractivity contribution in [3.05, 3.63) is 29.8 Å². The van der Waals surface area contributed by atoms with Crippen LogP contribution in [-0.2, 0) is 20.9 Å². The minimum Gasteiger partial charge on any atom is -0.496 e. The average molecular weight is 244 g/mol. The molecule has 0 atom stereocenters. The van der Waals surface area contributed by atoms with Crippen LogP contribution in [0.2, 0.25) is 0 Å². The summed E-state index contributed by atoms with van der Waals surface area (Å²) in [6, 6.07) is 7.18. The molecule has 5 heteroatoms. The largest absolute Gasteiger partial charge is 0.496 e. The zero-order valence-corrected chi connectivity index (χ0v) is 10.3. The van der Waals surface area contributed by atoms with E-state index in [4.69, 9.17) is 8.92 Å². The number of rotatable bonds is 6. The second-order valence-electron chi connectivity index (χ2n) is 3.34. The number of methoxy groups -OCH3 is 1. The van der Waals surface area contributed by atoms with Gasteiger partial charge < -0.3 is 4.74 Å². The molecule has 0 bridgehead atoms. The topological polar surface area (TPSA) is 52.6 Å². The molecule has 0 fully saturated rings. The first-order chi connectivity index (χ1) is 7.59. The highest BCUT2D eigenvalue weighted by atomic mass is 32.2. The summed E-state index contributed by atoms with van der Waals surface area (Å²) < 4.78 is 32.7. The molecule has 0 heterocycles. The van der Waals surface area contributed by atoms with E-state index in [1.165, 1.54) is 0 Å². The van der Waals surface area contributed by atoms with Crippen LogP contribution >= 0.6 is 0 Å². The summed E-state index contributed by atoms with van der Waals surface area (Å²) in [5.41, 5.74) is 0.727. The normalized spacial score (nSPS) is 11.4. The van der Waals surface area contributed by atoms with Crippen LogP contribution in [0.15, 0.2) is 24.3 Å². The number of para-hydroxylation sites is 1. The molecule has 1 rings (SSSR count). The molecule has 1 aromatic carbocycles. The predicted molar refractivity (Wildman–Crippen MR) is 61.9 cm³/mol. The number of hydrogen-bond donors (Lipinski definition) is 0. The van der Waals surface area contributed by atoms with Gasteiger partial charge in [0.2, 0.25) is 0 Å². The number of ether oxygens (including phenoxy) is 1. The Morgan fingerprint density at radius 2 is 1.94 bits per heavy atom. The minimum absolute atomic E-state index is 0.0202. The number of benzene rings is 1. The van der Waals surface area contributed by atoms with Gasteiger partial charge in [-0.2, -0.15) is 8.42 Å². The van der Waals surface area contributed by atoms with Crippen molar-refractivity contribution >= 4 is 10.1 Å². The average Bonchev–Trinajstić information content (AvgIpc) is 2.27. The lowest BCUT2D eigenvalue weighted by Crippen LogP contribution is -2.10. The maximum atomic E-state index is 11.3. The van der Waals surface area contributed by atoms with Crippen molar-refractivity contribution in [3.63, 3.8) is 0 Å². The third-order valence-electron chi connectivity index (χ3n) is 2.04. The molecule has 0 saturated carbocycles. The van der Waals surface area contributed by atoms with Crippen molar-refractivity contribution in [2.24, 2.45) is 0 Å². The monoisotopic (exact) mass is 244 g/mol. The van der Waals surface area contributed by atoms with E-state index in [0.717, 1.165) is 5.56 Å². The van der Waals surface area contributed by atoms with E-state index >= 15 is 0 Å². The second kappa shape index (κ2) is 5.86. The van der Waals surface area contributed by atoms with Gasteiger partial charge in [-0.15, -0.1) is 0 Å². The smallest absolute Gasteiger partial charge is 0.267 e. The minimum atomic E-state index is -3.41. The Morgan fingerprint density at radius 3 is 2.56 bits per heavy atom. The maximum absolute atomic E-state index is 11.3. The van der Waals surface area contributed by atoms with Gasteiger partial charge in [-0.3, -0.25) is 4.18 Å². The highest BCUT2D eigenvalue weighted by Gasteiger charge is 2.11. The van der Waals surface area contributed by atoms with E-state index in [0.29, 0.717) is 12.2 Å². The lowest BCUT2D eigenvalue weighted by Gasteiger charge is -2.08. The summed E-state index contributed by atoms with van der Waals surface area (Å²) in [6.07, 6.45) is 0.550. The molecule has 0 unspecified atom stereocenters. The van der Waals surface area contributed by atoms with Crippen LogP contribution in [0, 0.1) is 0 Å². The van der Waals surface area contributed by atoms with Crippen LogP contribution in [0.5, 0.6) is 5.75 Å². The molecule has 4 nitrogen and oxygen atoms in total. The Morgan fingerprint density at radius 1 is 1.25 bits per heavy atom. The van der Waals surface area contributed by atoms with E-state index < -0.39 is 10.1 Å². The van der Waals surface area contributed by atoms with Gasteiger partial charge in [-0.1, -0.05) is 25.1 Å². The highest BCUT2D eigenvalue weighted by molar-refractivity contribution is 7.86. The van der Waals surface area contributed by atoms with Gasteiger partial charge in [0.1, 0.15) is 5.75 Å². The fraction of sp³-hybridized carbons (Fsp3) is 0.455. The van der Waals surface area contributed by atoms with Crippen molar-refractivity contribution in [2.45, 2.75) is 20.0 Å². The van der Waals surface area contributed by atoms with Gasteiger partial charge >= 0.3 is 0 Å². The van der Waals surface area contributed by atoms with Crippen LogP contribution < -0.4 is 4.74 Å². The van der Waals surface area contributed by atoms with Crippen molar-refractivity contribution in [1.29, 1.82) is 0 Å². The Bertz CT molecular complexity index is 425. The fourth-order valence-corrected chi connectivity index (χ4v) is 2.21. The zero-order valence-electron chi connectivity index (χ0n) is 9.47. The second-order valence-corrected chi connectivity index (χ2v) is 5.10. The van der Waals surface area contributed by atoms with E-state index in [9.17, 15) is 8.42 Å². The molecule has 0 N–H and O–H groups in total. The van der Waals surface area contributed by atoms with Crippen LogP contribution in [0.4, 0.5) is 0 Å². The van der Waals surface area contributed by atoms with Gasteiger partial charge in [-0.05, 0) is 12.5 Å². The highest BCUT2D eigenvalue weighted by Crippen LogP contribution is 2.18. The molecule has 0 amide bonds. The molecule has 0 spiro atoms. The Hall–Kier alpha value is -1.07. The molecule has 0 saturated heterocycles. The molecule has 0 aliphatic carbocycles. The molecular formula is C11H16O4S.